The number of nitrogens with two attached hydrogens (primary N) is 1. The van der Waals surface area contributed by atoms with E-state index in [4.69, 9.17) is 23.1 Å². The van der Waals surface area contributed by atoms with Crippen molar-refractivity contribution in [2.24, 2.45) is 5.92 Å². The Bertz CT molecular complexity index is 1100. The number of nitrogen functional groups attached to an aromatic ring is 1. The van der Waals surface area contributed by atoms with Gasteiger partial charge in [-0.1, -0.05) is 24.3 Å². The third kappa shape index (κ3) is 4.88. The van der Waals surface area contributed by atoms with Crippen molar-refractivity contribution < 1.29 is 9.53 Å². The van der Waals surface area contributed by atoms with Crippen LogP contribution >= 0.6 is 12.6 Å². The maximum Gasteiger partial charge on any atom is 0.267 e. The van der Waals surface area contributed by atoms with Crippen LogP contribution in [0.25, 0.3) is 10.9 Å². The fraction of sp³-hybridized carbons (Fsp3) is 0.440. The number of aromatic amines is 1. The van der Waals surface area contributed by atoms with E-state index in [0.29, 0.717) is 36.6 Å². The highest BCUT2D eigenvalue weighted by Crippen LogP contribution is 2.52. The Morgan fingerprint density at radius 1 is 1.36 bits per heavy atom. The number of carbonyl (C=O) groups is 1. The number of fused-ring (bicyclic) bond motifs is 1. The quantitative estimate of drug-likeness (QED) is 0.401. The molecule has 1 aliphatic carbocycles. The number of ether oxygens (including phenoxy) is 1. The number of hydrogen-bond donors (Lipinski definition) is 4. The van der Waals surface area contributed by atoms with Crippen LogP contribution in [0.2, 0.25) is 0 Å². The summed E-state index contributed by atoms with van der Waals surface area (Å²) in [4.78, 5) is 22.4. The molecule has 3 aromatic rings. The topological polar surface area (TPSA) is 96.3 Å². The van der Waals surface area contributed by atoms with Crippen molar-refractivity contribution in [3.8, 4) is 0 Å². The molecule has 174 valence electrons. The number of amides is 1. The monoisotopic (exact) mass is 465 g/mol. The summed E-state index contributed by atoms with van der Waals surface area (Å²) in [5.74, 6) is 0.959. The molecule has 4 N–H and O–H groups in total. The van der Waals surface area contributed by atoms with Gasteiger partial charge in [0, 0.05) is 53.1 Å². The molecule has 1 aliphatic heterocycles. The van der Waals surface area contributed by atoms with Gasteiger partial charge in [0.2, 0.25) is 0 Å². The lowest BCUT2D eigenvalue weighted by molar-refractivity contribution is -0.0607. The fourth-order valence-electron chi connectivity index (χ4n) is 4.77. The second-order valence-electron chi connectivity index (χ2n) is 9.44. The average Bonchev–Trinajstić information content (AvgIpc) is 3.24. The molecule has 5 rings (SSSR count). The Kier molecular flexibility index (Phi) is 6.07. The van der Waals surface area contributed by atoms with E-state index in [0.717, 1.165) is 42.4 Å². The molecule has 2 aliphatic rings. The zero-order valence-corrected chi connectivity index (χ0v) is 19.7. The third-order valence-corrected chi connectivity index (χ3v) is 7.66. The molecule has 0 bridgehead atoms. The van der Waals surface area contributed by atoms with Crippen molar-refractivity contribution in [3.63, 3.8) is 0 Å². The van der Waals surface area contributed by atoms with Crippen LogP contribution in [0.15, 0.2) is 48.7 Å². The summed E-state index contributed by atoms with van der Waals surface area (Å²) < 4.78 is 6.05. The van der Waals surface area contributed by atoms with Gasteiger partial charge in [-0.2, -0.15) is 12.6 Å². The standard InChI is InChI=1S/C25H31N5O2S/c1-16-14-32-22(18-6-7-23(26)28-12-18)13-30(16)15-25(33)11-19(25)8-9-27-24(31)21-10-17-4-2-3-5-20(17)29-21/h2-7,10,12,16,19,22,29,33H,8-9,11,13-15H2,1H3,(H2,26,28)(H,27,31)/t16-,19-,22+,25-/m0/s1. The van der Waals surface area contributed by atoms with Crippen LogP contribution in [0.1, 0.15) is 41.9 Å². The summed E-state index contributed by atoms with van der Waals surface area (Å²) in [6.45, 7) is 5.27. The zero-order chi connectivity index (χ0) is 23.0. The molecule has 3 heterocycles. The first-order chi connectivity index (χ1) is 15.9. The molecule has 7 nitrogen and oxygen atoms in total. The molecular weight excluding hydrogens is 434 g/mol. The number of hydrogen-bond acceptors (Lipinski definition) is 6. The van der Waals surface area contributed by atoms with Crippen molar-refractivity contribution in [1.82, 2.24) is 20.2 Å². The summed E-state index contributed by atoms with van der Waals surface area (Å²) in [6, 6.07) is 14.0. The Morgan fingerprint density at radius 2 is 2.21 bits per heavy atom. The minimum absolute atomic E-state index is 0.000897. The lowest BCUT2D eigenvalue weighted by atomic mass is 10.1. The number of nitrogens with zero attached hydrogens (tertiary/aromatic N) is 2. The number of para-hydroxylation sites is 1. The highest BCUT2D eigenvalue weighted by Gasteiger charge is 2.52. The van der Waals surface area contributed by atoms with Gasteiger partial charge >= 0.3 is 0 Å². The largest absolute Gasteiger partial charge is 0.384 e. The molecule has 2 fully saturated rings. The van der Waals surface area contributed by atoms with Gasteiger partial charge in [-0.05, 0) is 43.9 Å². The Labute approximate surface area is 199 Å². The van der Waals surface area contributed by atoms with E-state index in [2.05, 4.69) is 27.1 Å². The van der Waals surface area contributed by atoms with Gasteiger partial charge in [-0.3, -0.25) is 9.69 Å². The second kappa shape index (κ2) is 9.00. The van der Waals surface area contributed by atoms with E-state index in [9.17, 15) is 4.79 Å². The first-order valence-corrected chi connectivity index (χ1v) is 12.0. The minimum Gasteiger partial charge on any atom is -0.384 e. The predicted molar refractivity (Wildman–Crippen MR) is 133 cm³/mol. The SMILES string of the molecule is C[C@H]1CO[C@@H](c2ccc(N)nc2)CN1C[C@@]1(S)C[C@@H]1CCNC(=O)c1cc2ccccc2[nH]1. The summed E-state index contributed by atoms with van der Waals surface area (Å²) in [5, 5.41) is 4.11. The molecule has 1 aromatic carbocycles. The Morgan fingerprint density at radius 3 is 3.00 bits per heavy atom. The van der Waals surface area contributed by atoms with Gasteiger partial charge in [0.25, 0.3) is 5.91 Å². The highest BCUT2D eigenvalue weighted by atomic mass is 32.1. The number of thiol groups is 1. The van der Waals surface area contributed by atoms with Crippen molar-refractivity contribution in [2.75, 3.05) is 32.0 Å². The lowest BCUT2D eigenvalue weighted by Gasteiger charge is -2.39. The number of aromatic nitrogens is 2. The third-order valence-electron chi connectivity index (χ3n) is 6.97. The fourth-order valence-corrected chi connectivity index (χ4v) is 5.30. The van der Waals surface area contributed by atoms with E-state index in [1.807, 2.05) is 42.5 Å². The van der Waals surface area contributed by atoms with Crippen molar-refractivity contribution in [3.05, 3.63) is 59.9 Å². The molecule has 0 spiro atoms. The molecule has 0 unspecified atom stereocenters. The Balaban J connectivity index is 1.11. The normalized spacial score (nSPS) is 27.5. The van der Waals surface area contributed by atoms with E-state index >= 15 is 0 Å². The van der Waals surface area contributed by atoms with E-state index in [1.54, 1.807) is 6.20 Å². The van der Waals surface area contributed by atoms with Gasteiger partial charge < -0.3 is 20.8 Å². The van der Waals surface area contributed by atoms with E-state index in [1.165, 1.54) is 0 Å². The number of H-pyrrole nitrogens is 1. The van der Waals surface area contributed by atoms with E-state index < -0.39 is 0 Å². The molecule has 1 amide bonds. The molecule has 4 atom stereocenters. The van der Waals surface area contributed by atoms with Crippen molar-refractivity contribution in [1.29, 1.82) is 0 Å². The average molecular weight is 466 g/mol. The summed E-state index contributed by atoms with van der Waals surface area (Å²) in [7, 11) is 0. The summed E-state index contributed by atoms with van der Waals surface area (Å²) in [5.41, 5.74) is 8.36. The summed E-state index contributed by atoms with van der Waals surface area (Å²) >= 11 is 5.04. The first-order valence-electron chi connectivity index (χ1n) is 11.6. The van der Waals surface area contributed by atoms with Crippen LogP contribution in [0.4, 0.5) is 5.82 Å². The zero-order valence-electron chi connectivity index (χ0n) is 18.8. The molecule has 1 saturated heterocycles. The number of morpholine rings is 1. The van der Waals surface area contributed by atoms with Gasteiger partial charge in [-0.25, -0.2) is 4.98 Å². The lowest BCUT2D eigenvalue weighted by Crippen LogP contribution is -2.48. The smallest absolute Gasteiger partial charge is 0.267 e. The molecule has 8 heteroatoms. The highest BCUT2D eigenvalue weighted by molar-refractivity contribution is 7.82. The number of anilines is 1. The van der Waals surface area contributed by atoms with Gasteiger partial charge in [0.05, 0.1) is 12.7 Å². The van der Waals surface area contributed by atoms with Gasteiger partial charge in [-0.15, -0.1) is 0 Å². The van der Waals surface area contributed by atoms with Crippen LogP contribution in [-0.2, 0) is 4.74 Å². The van der Waals surface area contributed by atoms with Crippen molar-refractivity contribution in [2.45, 2.75) is 36.7 Å². The van der Waals surface area contributed by atoms with Crippen LogP contribution in [0, 0.1) is 5.92 Å². The number of rotatable bonds is 7. The summed E-state index contributed by atoms with van der Waals surface area (Å²) in [6.07, 6.45) is 3.80. The molecule has 33 heavy (non-hydrogen) atoms. The maximum atomic E-state index is 12.5. The number of pyridine rings is 1. The Hall–Kier alpha value is -2.55. The van der Waals surface area contributed by atoms with Crippen LogP contribution in [0.3, 0.4) is 0 Å². The van der Waals surface area contributed by atoms with Crippen LogP contribution < -0.4 is 11.1 Å². The number of nitrogens with one attached hydrogen (secondary N) is 2. The maximum absolute atomic E-state index is 12.5. The van der Waals surface area contributed by atoms with Gasteiger partial charge in [0.1, 0.15) is 11.5 Å². The molecule has 0 radical (unpaired) electrons. The number of carbonyl (C=O) groups excluding carboxylic acids is 1. The first kappa shape index (κ1) is 22.3. The van der Waals surface area contributed by atoms with Crippen LogP contribution in [-0.4, -0.2) is 57.8 Å². The number of benzene rings is 1. The van der Waals surface area contributed by atoms with Gasteiger partial charge in [0.15, 0.2) is 0 Å². The second-order valence-corrected chi connectivity index (χ2v) is 10.3. The van der Waals surface area contributed by atoms with Crippen LogP contribution in [0.5, 0.6) is 0 Å². The minimum atomic E-state index is -0.0571. The molecular formula is C25H31N5O2S. The van der Waals surface area contributed by atoms with E-state index in [-0.39, 0.29) is 16.8 Å². The molecule has 2 aromatic heterocycles. The predicted octanol–water partition coefficient (Wildman–Crippen LogP) is 3.42. The molecule has 1 saturated carbocycles. The van der Waals surface area contributed by atoms with Crippen molar-refractivity contribution >= 4 is 35.3 Å².